The summed E-state index contributed by atoms with van der Waals surface area (Å²) in [6, 6.07) is 12.5. The smallest absolute Gasteiger partial charge is 0.410 e. The zero-order valence-electron chi connectivity index (χ0n) is 28.1. The van der Waals surface area contributed by atoms with Gasteiger partial charge in [-0.3, -0.25) is 4.79 Å². The predicted molar refractivity (Wildman–Crippen MR) is 183 cm³/mol. The van der Waals surface area contributed by atoms with E-state index in [9.17, 15) is 31.5 Å². The van der Waals surface area contributed by atoms with Crippen LogP contribution >= 0.6 is 0 Å². The summed E-state index contributed by atoms with van der Waals surface area (Å²) in [4.78, 5) is 27.9. The highest BCUT2D eigenvalue weighted by Crippen LogP contribution is 2.39. The van der Waals surface area contributed by atoms with Crippen molar-refractivity contribution in [3.8, 4) is 5.75 Å². The van der Waals surface area contributed by atoms with Gasteiger partial charge in [0.15, 0.2) is 9.84 Å². The maximum Gasteiger partial charge on any atom is 0.410 e. The van der Waals surface area contributed by atoms with Gasteiger partial charge in [-0.1, -0.05) is 31.5 Å². The zero-order valence-corrected chi connectivity index (χ0v) is 29.7. The zero-order chi connectivity index (χ0) is 35.4. The van der Waals surface area contributed by atoms with Gasteiger partial charge in [-0.25, -0.2) is 21.6 Å². The van der Waals surface area contributed by atoms with Gasteiger partial charge in [0.1, 0.15) is 23.4 Å². The SMILES string of the molecule is CCCCOC(=O)N(C[C@@H](O)COc1cccc(S(C)(=O)=O)c1)[C@H]1COC2(CCN(S(=O)(=O)c3cn(CC)c4ccccc4c3=O)CC2)C1. The molecule has 2 saturated heterocycles. The summed E-state index contributed by atoms with van der Waals surface area (Å²) in [6.45, 7) is 4.71. The Bertz CT molecular complexity index is 1920. The highest BCUT2D eigenvalue weighted by Gasteiger charge is 2.48. The van der Waals surface area contributed by atoms with Crippen molar-refractivity contribution in [2.75, 3.05) is 45.7 Å². The number of aryl methyl sites for hydroxylation is 1. The second-order valence-electron chi connectivity index (χ2n) is 12.7. The van der Waals surface area contributed by atoms with Crippen molar-refractivity contribution in [1.29, 1.82) is 0 Å². The van der Waals surface area contributed by atoms with Gasteiger partial charge in [-0.15, -0.1) is 0 Å². The molecule has 3 aromatic rings. The molecular formula is C34H45N3O10S2. The van der Waals surface area contributed by atoms with E-state index in [1.54, 1.807) is 34.9 Å². The van der Waals surface area contributed by atoms with Gasteiger partial charge < -0.3 is 28.8 Å². The van der Waals surface area contributed by atoms with E-state index >= 15 is 0 Å². The van der Waals surface area contributed by atoms with Gasteiger partial charge in [-0.05, 0) is 62.9 Å². The first-order valence-electron chi connectivity index (χ1n) is 16.6. The Balaban J connectivity index is 1.26. The summed E-state index contributed by atoms with van der Waals surface area (Å²) in [5, 5.41) is 11.3. The molecule has 1 aromatic heterocycles. The van der Waals surface area contributed by atoms with Gasteiger partial charge in [-0.2, -0.15) is 4.31 Å². The average molecular weight is 720 g/mol. The molecule has 1 amide bonds. The van der Waals surface area contributed by atoms with Crippen molar-refractivity contribution in [3.05, 3.63) is 65.0 Å². The first kappa shape index (κ1) is 36.8. The molecule has 5 rings (SSSR count). The quantitative estimate of drug-likeness (QED) is 0.259. The largest absolute Gasteiger partial charge is 0.491 e. The summed E-state index contributed by atoms with van der Waals surface area (Å²) in [5.74, 6) is 0.265. The molecule has 0 saturated carbocycles. The summed E-state index contributed by atoms with van der Waals surface area (Å²) < 4.78 is 72.0. The average Bonchev–Trinajstić information content (AvgIpc) is 3.49. The Morgan fingerprint density at radius 2 is 1.84 bits per heavy atom. The van der Waals surface area contributed by atoms with Crippen molar-refractivity contribution in [2.45, 2.75) is 80.0 Å². The number of aliphatic hydroxyl groups excluding tert-OH is 1. The van der Waals surface area contributed by atoms with Crippen LogP contribution in [0.15, 0.2) is 69.3 Å². The third-order valence-corrected chi connectivity index (χ3v) is 12.2. The van der Waals surface area contributed by atoms with Crippen LogP contribution in [0.4, 0.5) is 4.79 Å². The molecule has 0 bridgehead atoms. The molecule has 2 fully saturated rings. The van der Waals surface area contributed by atoms with E-state index in [0.717, 1.165) is 12.7 Å². The Morgan fingerprint density at radius 1 is 1.10 bits per heavy atom. The topological polar surface area (TPSA) is 162 Å². The van der Waals surface area contributed by atoms with Crippen LogP contribution < -0.4 is 10.2 Å². The summed E-state index contributed by atoms with van der Waals surface area (Å²) >= 11 is 0. The maximum atomic E-state index is 13.8. The molecule has 268 valence electrons. The molecule has 1 spiro atoms. The number of amides is 1. The second kappa shape index (κ2) is 15.2. The lowest BCUT2D eigenvalue weighted by Gasteiger charge is -2.38. The Kier molecular flexibility index (Phi) is 11.4. The summed E-state index contributed by atoms with van der Waals surface area (Å²) in [7, 11) is -7.54. The maximum absolute atomic E-state index is 13.8. The van der Waals surface area contributed by atoms with E-state index < -0.39 is 49.1 Å². The molecule has 13 nitrogen and oxygen atoms in total. The minimum atomic E-state index is -4.10. The number of sulfonamides is 1. The van der Waals surface area contributed by atoms with Crippen molar-refractivity contribution in [3.63, 3.8) is 0 Å². The number of pyridine rings is 1. The molecule has 0 radical (unpaired) electrons. The molecule has 1 N–H and O–H groups in total. The number of hydrogen-bond acceptors (Lipinski definition) is 10. The Labute approximate surface area is 287 Å². The van der Waals surface area contributed by atoms with Crippen LogP contribution in [-0.4, -0.2) is 105 Å². The van der Waals surface area contributed by atoms with Crippen molar-refractivity contribution < 1.29 is 40.9 Å². The lowest BCUT2D eigenvalue weighted by molar-refractivity contribution is -0.0321. The number of unbranched alkanes of at least 4 members (excludes halogenated alkanes) is 1. The standard InChI is InChI=1S/C34H45N3O10S2/c1-4-6-18-45-33(40)37(21-26(38)24-46-27-10-9-11-28(19-27)48(3,41)42)25-20-34(47-23-25)14-16-36(17-15-34)49(43,44)31-22-35(5-2)30-13-8-7-12-29(30)32(31)39/h7-13,19,22,25-26,38H,4-6,14-18,20-21,23-24H2,1-3H3/t25-,26-/m1/s1. The first-order chi connectivity index (χ1) is 23.3. The number of piperidine rings is 1. The minimum Gasteiger partial charge on any atom is -0.491 e. The number of sulfone groups is 1. The van der Waals surface area contributed by atoms with Gasteiger partial charge >= 0.3 is 6.09 Å². The normalized spacial score (nSPS) is 18.8. The van der Waals surface area contributed by atoms with E-state index in [-0.39, 0.29) is 55.0 Å². The van der Waals surface area contributed by atoms with Crippen LogP contribution in [0.2, 0.25) is 0 Å². The molecule has 2 atom stereocenters. The molecule has 49 heavy (non-hydrogen) atoms. The molecule has 3 heterocycles. The number of benzene rings is 2. The van der Waals surface area contributed by atoms with Gasteiger partial charge in [0.2, 0.25) is 15.5 Å². The first-order valence-corrected chi connectivity index (χ1v) is 19.9. The van der Waals surface area contributed by atoms with Crippen LogP contribution in [0.1, 0.15) is 46.0 Å². The molecule has 15 heteroatoms. The van der Waals surface area contributed by atoms with Crippen LogP contribution in [-0.2, 0) is 35.9 Å². The Hall–Kier alpha value is -3.50. The number of fused-ring (bicyclic) bond motifs is 1. The lowest BCUT2D eigenvalue weighted by Crippen LogP contribution is -2.49. The summed E-state index contributed by atoms with van der Waals surface area (Å²) in [5.41, 5.74) is -0.549. The van der Waals surface area contributed by atoms with Gasteiger partial charge in [0, 0.05) is 37.5 Å². The van der Waals surface area contributed by atoms with Crippen LogP contribution in [0.25, 0.3) is 10.9 Å². The fourth-order valence-electron chi connectivity index (χ4n) is 6.43. The van der Waals surface area contributed by atoms with E-state index in [0.29, 0.717) is 43.1 Å². The number of para-hydroxylation sites is 1. The lowest BCUT2D eigenvalue weighted by atomic mass is 9.88. The molecule has 0 aliphatic carbocycles. The van der Waals surface area contributed by atoms with E-state index in [4.69, 9.17) is 14.2 Å². The fraction of sp³-hybridized carbons (Fsp3) is 0.529. The van der Waals surface area contributed by atoms with Crippen LogP contribution in [0.3, 0.4) is 0 Å². The second-order valence-corrected chi connectivity index (χ2v) is 16.6. The van der Waals surface area contributed by atoms with Crippen LogP contribution in [0, 0.1) is 0 Å². The van der Waals surface area contributed by atoms with Gasteiger partial charge in [0.05, 0.1) is 41.8 Å². The third-order valence-electron chi connectivity index (χ3n) is 9.22. The minimum absolute atomic E-state index is 0.0863. The third kappa shape index (κ3) is 8.28. The van der Waals surface area contributed by atoms with E-state index in [1.165, 1.54) is 27.5 Å². The summed E-state index contributed by atoms with van der Waals surface area (Å²) in [6.07, 6.45) is 3.43. The Morgan fingerprint density at radius 3 is 2.53 bits per heavy atom. The number of carbonyl (C=O) groups is 1. The van der Waals surface area contributed by atoms with Crippen molar-refractivity contribution in [1.82, 2.24) is 13.8 Å². The molecule has 2 aliphatic heterocycles. The number of hydrogen-bond donors (Lipinski definition) is 1. The van der Waals surface area contributed by atoms with Crippen molar-refractivity contribution in [2.24, 2.45) is 0 Å². The number of aromatic nitrogens is 1. The number of nitrogens with zero attached hydrogens (tertiary/aromatic N) is 3. The van der Waals surface area contributed by atoms with E-state index in [2.05, 4.69) is 0 Å². The van der Waals surface area contributed by atoms with Gasteiger partial charge in [0.25, 0.3) is 0 Å². The molecular weight excluding hydrogens is 675 g/mol. The van der Waals surface area contributed by atoms with Crippen LogP contribution in [0.5, 0.6) is 5.75 Å². The molecule has 2 aromatic carbocycles. The monoisotopic (exact) mass is 719 g/mol. The fourth-order valence-corrected chi connectivity index (χ4v) is 8.63. The predicted octanol–water partition coefficient (Wildman–Crippen LogP) is 3.42. The number of ether oxygens (including phenoxy) is 3. The number of carbonyl (C=O) groups excluding carboxylic acids is 1. The van der Waals surface area contributed by atoms with E-state index in [1.807, 2.05) is 19.9 Å². The number of aliphatic hydroxyl groups is 1. The molecule has 0 unspecified atom stereocenters. The highest BCUT2D eigenvalue weighted by molar-refractivity contribution is 7.90. The highest BCUT2D eigenvalue weighted by atomic mass is 32.2. The molecule has 2 aliphatic rings. The van der Waals surface area contributed by atoms with Crippen molar-refractivity contribution >= 4 is 36.9 Å². The number of rotatable bonds is 13.